The number of hydrogen-bond donors (Lipinski definition) is 3. The van der Waals surface area contributed by atoms with Crippen molar-refractivity contribution in [1.82, 2.24) is 4.98 Å². The Kier molecular flexibility index (Phi) is 7.63. The number of fused-ring (bicyclic) bond motifs is 1. The number of pyridine rings is 1. The van der Waals surface area contributed by atoms with Crippen molar-refractivity contribution in [3.05, 3.63) is 101 Å². The van der Waals surface area contributed by atoms with Crippen molar-refractivity contribution in [2.75, 3.05) is 29.6 Å². The molecule has 1 aromatic heterocycles. The van der Waals surface area contributed by atoms with E-state index in [4.69, 9.17) is 0 Å². The second-order valence-electron chi connectivity index (χ2n) is 8.84. The van der Waals surface area contributed by atoms with Crippen LogP contribution in [-0.2, 0) is 22.2 Å². The number of carbonyl (C=O) groups excluding carboxylic acids is 2. The van der Waals surface area contributed by atoms with Crippen molar-refractivity contribution in [2.24, 2.45) is 0 Å². The monoisotopic (exact) mass is 522 g/mol. The maximum absolute atomic E-state index is 13.1. The van der Waals surface area contributed by atoms with Gasteiger partial charge in [0.15, 0.2) is 0 Å². The highest BCUT2D eigenvalue weighted by Gasteiger charge is 2.30. The second kappa shape index (κ2) is 10.9. The van der Waals surface area contributed by atoms with Crippen molar-refractivity contribution in [3.63, 3.8) is 0 Å². The van der Waals surface area contributed by atoms with Crippen molar-refractivity contribution < 1.29 is 27.9 Å². The van der Waals surface area contributed by atoms with Gasteiger partial charge < -0.3 is 20.6 Å². The normalized spacial score (nSPS) is 15.7. The summed E-state index contributed by atoms with van der Waals surface area (Å²) in [6.07, 6.45) is 0.413. The summed E-state index contributed by atoms with van der Waals surface area (Å²) in [5.74, 6) is -0.258. The molecule has 0 saturated heterocycles. The number of alkyl halides is 3. The Bertz CT molecular complexity index is 1400. The highest BCUT2D eigenvalue weighted by atomic mass is 19.4. The fraction of sp³-hybridized carbons (Fsp3) is 0.179. The molecule has 0 radical (unpaired) electrons. The predicted octanol–water partition coefficient (Wildman–Crippen LogP) is 4.65. The van der Waals surface area contributed by atoms with Crippen LogP contribution in [0.15, 0.2) is 79.0 Å². The number of amides is 2. The number of aromatic nitrogens is 1. The molecule has 2 amide bonds. The number of hydrogen-bond acceptors (Lipinski definition) is 5. The van der Waals surface area contributed by atoms with Crippen LogP contribution in [0.25, 0.3) is 5.57 Å². The van der Waals surface area contributed by atoms with Gasteiger partial charge in [-0.15, -0.1) is 0 Å². The molecule has 1 aliphatic heterocycles. The Hall–Kier alpha value is -4.44. The first kappa shape index (κ1) is 26.6. The van der Waals surface area contributed by atoms with E-state index in [1.54, 1.807) is 42.6 Å². The van der Waals surface area contributed by atoms with Gasteiger partial charge in [0.2, 0.25) is 5.91 Å². The molecule has 3 N–H and O–H groups in total. The fourth-order valence-corrected chi connectivity index (χ4v) is 3.96. The number of carbonyl (C=O) groups is 2. The molecule has 2 heterocycles. The maximum Gasteiger partial charge on any atom is 0.416 e. The summed E-state index contributed by atoms with van der Waals surface area (Å²) in [6, 6.07) is 13.4. The van der Waals surface area contributed by atoms with Crippen molar-refractivity contribution in [2.45, 2.75) is 18.7 Å². The molecule has 7 nitrogen and oxygen atoms in total. The summed E-state index contributed by atoms with van der Waals surface area (Å²) in [5, 5.41) is 15.2. The van der Waals surface area contributed by atoms with E-state index in [0.29, 0.717) is 39.5 Å². The van der Waals surface area contributed by atoms with Gasteiger partial charge in [0.05, 0.1) is 5.56 Å². The van der Waals surface area contributed by atoms with E-state index in [1.165, 1.54) is 24.3 Å². The van der Waals surface area contributed by atoms with E-state index in [9.17, 15) is 27.9 Å². The molecule has 0 bridgehead atoms. The minimum atomic E-state index is -4.45. The SMILES string of the molecule is CN(C)c1ccc(/C(=C\C=C\C(=O)Nc2cccc3c2CC(O)C(=O)N3)c2ccc(C(F)(F)F)cc2)cn1. The molecule has 1 aliphatic rings. The summed E-state index contributed by atoms with van der Waals surface area (Å²) < 4.78 is 39.2. The van der Waals surface area contributed by atoms with E-state index < -0.39 is 29.7 Å². The van der Waals surface area contributed by atoms with Crippen LogP contribution in [0.4, 0.5) is 30.4 Å². The van der Waals surface area contributed by atoms with Crippen LogP contribution >= 0.6 is 0 Å². The van der Waals surface area contributed by atoms with Crippen LogP contribution in [0.2, 0.25) is 0 Å². The Morgan fingerprint density at radius 3 is 2.45 bits per heavy atom. The smallest absolute Gasteiger partial charge is 0.383 e. The van der Waals surface area contributed by atoms with Gasteiger partial charge in [-0.25, -0.2) is 4.98 Å². The first-order chi connectivity index (χ1) is 18.0. The summed E-state index contributed by atoms with van der Waals surface area (Å²) >= 11 is 0. The topological polar surface area (TPSA) is 94.6 Å². The molecule has 10 heteroatoms. The molecule has 3 aromatic rings. The minimum absolute atomic E-state index is 0.0647. The van der Waals surface area contributed by atoms with Crippen LogP contribution in [0.3, 0.4) is 0 Å². The largest absolute Gasteiger partial charge is 0.416 e. The third-order valence-electron chi connectivity index (χ3n) is 5.94. The third kappa shape index (κ3) is 6.09. The number of halogens is 3. The van der Waals surface area contributed by atoms with Gasteiger partial charge in [-0.1, -0.05) is 30.4 Å². The van der Waals surface area contributed by atoms with Crippen LogP contribution < -0.4 is 15.5 Å². The lowest BCUT2D eigenvalue weighted by molar-refractivity contribution is -0.137. The first-order valence-corrected chi connectivity index (χ1v) is 11.6. The van der Waals surface area contributed by atoms with Crippen LogP contribution in [-0.4, -0.2) is 42.1 Å². The lowest BCUT2D eigenvalue weighted by Crippen LogP contribution is -2.34. The molecular formula is C28H25F3N4O3. The molecule has 1 atom stereocenters. The maximum atomic E-state index is 13.1. The van der Waals surface area contributed by atoms with Gasteiger partial charge >= 0.3 is 6.18 Å². The number of allylic oxidation sites excluding steroid dienone is 2. The third-order valence-corrected chi connectivity index (χ3v) is 5.94. The van der Waals surface area contributed by atoms with Gasteiger partial charge in [-0.3, -0.25) is 9.59 Å². The average molecular weight is 523 g/mol. The quantitative estimate of drug-likeness (QED) is 0.324. The minimum Gasteiger partial charge on any atom is -0.383 e. The van der Waals surface area contributed by atoms with E-state index >= 15 is 0 Å². The number of aliphatic hydroxyl groups excluding tert-OH is 1. The van der Waals surface area contributed by atoms with Crippen LogP contribution in [0.1, 0.15) is 22.3 Å². The number of nitrogens with one attached hydrogen (secondary N) is 2. The lowest BCUT2D eigenvalue weighted by Gasteiger charge is -2.23. The molecule has 0 aliphatic carbocycles. The summed E-state index contributed by atoms with van der Waals surface area (Å²) in [4.78, 5) is 30.6. The summed E-state index contributed by atoms with van der Waals surface area (Å²) in [7, 11) is 3.68. The zero-order valence-corrected chi connectivity index (χ0v) is 20.6. The number of nitrogens with zero attached hydrogens (tertiary/aromatic N) is 2. The number of benzene rings is 2. The molecule has 1 unspecified atom stereocenters. The number of aliphatic hydroxyl groups is 1. The van der Waals surface area contributed by atoms with E-state index in [1.807, 2.05) is 19.0 Å². The molecule has 196 valence electrons. The molecule has 2 aromatic carbocycles. The predicted molar refractivity (Wildman–Crippen MR) is 140 cm³/mol. The molecular weight excluding hydrogens is 497 g/mol. The van der Waals surface area contributed by atoms with Gasteiger partial charge in [-0.2, -0.15) is 13.2 Å². The highest BCUT2D eigenvalue weighted by molar-refractivity contribution is 6.03. The van der Waals surface area contributed by atoms with Crippen molar-refractivity contribution >= 4 is 34.6 Å². The van der Waals surface area contributed by atoms with Gasteiger partial charge in [0.25, 0.3) is 5.91 Å². The van der Waals surface area contributed by atoms with Gasteiger partial charge in [0.1, 0.15) is 11.9 Å². The van der Waals surface area contributed by atoms with Crippen LogP contribution in [0.5, 0.6) is 0 Å². The number of anilines is 3. The van der Waals surface area contributed by atoms with Gasteiger partial charge in [0, 0.05) is 55.3 Å². The van der Waals surface area contributed by atoms with Crippen molar-refractivity contribution in [3.8, 4) is 0 Å². The van der Waals surface area contributed by atoms with E-state index in [0.717, 1.165) is 12.1 Å². The molecule has 0 saturated carbocycles. The average Bonchev–Trinajstić information content (AvgIpc) is 2.87. The van der Waals surface area contributed by atoms with E-state index in [2.05, 4.69) is 15.6 Å². The molecule has 0 spiro atoms. The Morgan fingerprint density at radius 1 is 1.11 bits per heavy atom. The van der Waals surface area contributed by atoms with E-state index in [-0.39, 0.29) is 6.42 Å². The Balaban J connectivity index is 1.60. The zero-order chi connectivity index (χ0) is 27.4. The Labute approximate surface area is 217 Å². The Morgan fingerprint density at radius 2 is 1.82 bits per heavy atom. The van der Waals surface area contributed by atoms with Crippen molar-refractivity contribution in [1.29, 1.82) is 0 Å². The zero-order valence-electron chi connectivity index (χ0n) is 20.6. The number of rotatable bonds is 6. The summed E-state index contributed by atoms with van der Waals surface area (Å²) in [5.41, 5.74) is 2.56. The first-order valence-electron chi connectivity index (χ1n) is 11.6. The fourth-order valence-electron chi connectivity index (χ4n) is 3.96. The summed E-state index contributed by atoms with van der Waals surface area (Å²) in [6.45, 7) is 0. The standard InChI is InChI=1S/C28H25F3N4O3/c1-35(2)25-14-11-18(16-32-25)20(17-9-12-19(13-10-17)28(29,30)31)5-3-8-26(37)33-22-6-4-7-23-21(22)15-24(36)27(38)34-23/h3-14,16,24,36H,15H2,1-2H3,(H,33,37)(H,34,38)/b8-3+,20-5-. The molecule has 38 heavy (non-hydrogen) atoms. The molecule has 4 rings (SSSR count). The van der Waals surface area contributed by atoms with Gasteiger partial charge in [-0.05, 0) is 47.5 Å². The lowest BCUT2D eigenvalue weighted by atomic mass is 9.97. The highest BCUT2D eigenvalue weighted by Crippen LogP contribution is 2.32. The molecule has 0 fully saturated rings. The second-order valence-corrected chi connectivity index (χ2v) is 8.84. The van der Waals surface area contributed by atoms with Crippen LogP contribution in [0, 0.1) is 0 Å².